The first-order chi connectivity index (χ1) is 13.0. The van der Waals surface area contributed by atoms with Crippen LogP contribution >= 0.6 is 11.6 Å². The van der Waals surface area contributed by atoms with E-state index in [1.54, 1.807) is 18.5 Å². The van der Waals surface area contributed by atoms with Crippen molar-refractivity contribution >= 4 is 39.8 Å². The van der Waals surface area contributed by atoms with Gasteiger partial charge < -0.3 is 9.80 Å². The van der Waals surface area contributed by atoms with Crippen LogP contribution in [0.5, 0.6) is 0 Å². The number of anilines is 2. The summed E-state index contributed by atoms with van der Waals surface area (Å²) >= 11 is 6.05. The summed E-state index contributed by atoms with van der Waals surface area (Å²) in [6, 6.07) is 10.3. The molecular weight excluding hydrogens is 367 g/mol. The van der Waals surface area contributed by atoms with E-state index < -0.39 is 0 Å². The number of carbonyl (C=O) groups excluding carboxylic acids is 1. The molecule has 0 atom stereocenters. The highest BCUT2D eigenvalue weighted by Gasteiger charge is 2.22. The highest BCUT2D eigenvalue weighted by molar-refractivity contribution is 6.31. The molecule has 2 heterocycles. The number of carbonyl (C=O) groups is 1. The molecule has 0 spiro atoms. The zero-order valence-electron chi connectivity index (χ0n) is 14.8. The zero-order chi connectivity index (χ0) is 19.0. The van der Waals surface area contributed by atoms with E-state index in [1.165, 1.54) is 13.0 Å². The molecule has 1 aliphatic heterocycles. The van der Waals surface area contributed by atoms with Gasteiger partial charge >= 0.3 is 0 Å². The van der Waals surface area contributed by atoms with Crippen LogP contribution in [-0.2, 0) is 0 Å². The summed E-state index contributed by atoms with van der Waals surface area (Å²) in [6.45, 7) is 4.18. The number of rotatable bonds is 3. The van der Waals surface area contributed by atoms with E-state index >= 15 is 0 Å². The normalized spacial score (nSPS) is 14.6. The number of nitrogens with zero attached hydrogens (tertiary/aromatic N) is 4. The average Bonchev–Trinajstić information content (AvgIpc) is 2.67. The topological polar surface area (TPSA) is 49.3 Å². The first-order valence-electron chi connectivity index (χ1n) is 8.73. The Labute approximate surface area is 161 Å². The van der Waals surface area contributed by atoms with E-state index in [1.807, 2.05) is 23.1 Å². The van der Waals surface area contributed by atoms with Gasteiger partial charge in [-0.3, -0.25) is 4.79 Å². The Bertz CT molecular complexity index is 1020. The molecule has 138 valence electrons. The summed E-state index contributed by atoms with van der Waals surface area (Å²) in [5, 5.41) is 1.59. The molecule has 1 aliphatic rings. The fourth-order valence-corrected chi connectivity index (χ4v) is 3.58. The highest BCUT2D eigenvalue weighted by atomic mass is 35.5. The minimum Gasteiger partial charge on any atom is -0.366 e. The van der Waals surface area contributed by atoms with E-state index in [9.17, 15) is 9.18 Å². The van der Waals surface area contributed by atoms with Crippen molar-refractivity contribution in [3.8, 4) is 0 Å². The van der Waals surface area contributed by atoms with Crippen LogP contribution in [0.25, 0.3) is 10.9 Å². The molecule has 0 bridgehead atoms. The lowest BCUT2D eigenvalue weighted by molar-refractivity contribution is 0.101. The van der Waals surface area contributed by atoms with Crippen LogP contribution < -0.4 is 9.80 Å². The van der Waals surface area contributed by atoms with E-state index in [0.717, 1.165) is 16.7 Å². The van der Waals surface area contributed by atoms with Crippen LogP contribution in [0.1, 0.15) is 17.3 Å². The van der Waals surface area contributed by atoms with Crippen LogP contribution in [0.4, 0.5) is 15.9 Å². The Morgan fingerprint density at radius 3 is 2.48 bits per heavy atom. The summed E-state index contributed by atoms with van der Waals surface area (Å²) in [4.78, 5) is 24.3. The van der Waals surface area contributed by atoms with Gasteiger partial charge in [0.15, 0.2) is 5.78 Å². The molecule has 27 heavy (non-hydrogen) atoms. The van der Waals surface area contributed by atoms with Crippen molar-refractivity contribution in [1.29, 1.82) is 0 Å². The largest absolute Gasteiger partial charge is 0.366 e. The van der Waals surface area contributed by atoms with E-state index in [0.29, 0.717) is 42.5 Å². The number of hydrogen-bond acceptors (Lipinski definition) is 5. The Kier molecular flexibility index (Phi) is 4.66. The van der Waals surface area contributed by atoms with Gasteiger partial charge in [-0.2, -0.15) is 0 Å². The second-order valence-electron chi connectivity index (χ2n) is 6.56. The minimum absolute atomic E-state index is 0.138. The number of Topliss-reactive ketones (excluding diaryl/α,β-unsaturated/α-hetero) is 1. The molecule has 2 aromatic carbocycles. The molecule has 7 heteroatoms. The second-order valence-corrected chi connectivity index (χ2v) is 6.99. The average molecular weight is 385 g/mol. The molecule has 1 saturated heterocycles. The molecule has 4 rings (SSSR count). The molecule has 1 aromatic heterocycles. The Morgan fingerprint density at radius 1 is 1.04 bits per heavy atom. The molecule has 0 N–H and O–H groups in total. The molecule has 0 unspecified atom stereocenters. The van der Waals surface area contributed by atoms with E-state index in [2.05, 4.69) is 14.9 Å². The van der Waals surface area contributed by atoms with Gasteiger partial charge in [0.2, 0.25) is 0 Å². The molecule has 0 amide bonds. The van der Waals surface area contributed by atoms with Crippen LogP contribution in [0.3, 0.4) is 0 Å². The summed E-state index contributed by atoms with van der Waals surface area (Å²) in [7, 11) is 0. The van der Waals surface area contributed by atoms with Crippen molar-refractivity contribution in [1.82, 2.24) is 9.97 Å². The Morgan fingerprint density at radius 2 is 1.78 bits per heavy atom. The van der Waals surface area contributed by atoms with Crippen LogP contribution in [0.2, 0.25) is 5.02 Å². The maximum absolute atomic E-state index is 14.4. The molecule has 3 aromatic rings. The summed E-state index contributed by atoms with van der Waals surface area (Å²) in [6.07, 6.45) is 1.54. The van der Waals surface area contributed by atoms with Crippen molar-refractivity contribution in [3.63, 3.8) is 0 Å². The number of fused-ring (bicyclic) bond motifs is 1. The van der Waals surface area contributed by atoms with Crippen LogP contribution in [-0.4, -0.2) is 41.9 Å². The second kappa shape index (κ2) is 7.12. The van der Waals surface area contributed by atoms with Crippen molar-refractivity contribution in [2.45, 2.75) is 6.92 Å². The SMILES string of the molecule is CC(=O)c1ccc(N2CCN(c3ncnc4cc(Cl)ccc34)CC2)c(F)c1. The number of piperazine rings is 1. The predicted octanol–water partition coefficient (Wildman–Crippen LogP) is 3.95. The van der Waals surface area contributed by atoms with Crippen molar-refractivity contribution < 1.29 is 9.18 Å². The summed E-state index contributed by atoms with van der Waals surface area (Å²) in [5.41, 5.74) is 1.72. The minimum atomic E-state index is -0.363. The number of ketones is 1. The maximum Gasteiger partial charge on any atom is 0.159 e. The predicted molar refractivity (Wildman–Crippen MR) is 105 cm³/mol. The van der Waals surface area contributed by atoms with Gasteiger partial charge in [-0.25, -0.2) is 14.4 Å². The lowest BCUT2D eigenvalue weighted by Crippen LogP contribution is -2.47. The zero-order valence-corrected chi connectivity index (χ0v) is 15.6. The molecular formula is C20H18ClFN4O. The van der Waals surface area contributed by atoms with Gasteiger partial charge in [0.25, 0.3) is 0 Å². The molecule has 1 fully saturated rings. The lowest BCUT2D eigenvalue weighted by atomic mass is 10.1. The molecule has 0 radical (unpaired) electrons. The van der Waals surface area contributed by atoms with Gasteiger partial charge in [0, 0.05) is 42.2 Å². The van der Waals surface area contributed by atoms with Gasteiger partial charge in [-0.05, 0) is 43.3 Å². The Hall–Kier alpha value is -2.73. The maximum atomic E-state index is 14.4. The number of aromatic nitrogens is 2. The fourth-order valence-electron chi connectivity index (χ4n) is 3.41. The third-order valence-electron chi connectivity index (χ3n) is 4.85. The van der Waals surface area contributed by atoms with Crippen molar-refractivity contribution in [3.05, 3.63) is 59.1 Å². The Balaban J connectivity index is 1.54. The van der Waals surface area contributed by atoms with Crippen LogP contribution in [0.15, 0.2) is 42.7 Å². The number of benzene rings is 2. The monoisotopic (exact) mass is 384 g/mol. The lowest BCUT2D eigenvalue weighted by Gasteiger charge is -2.37. The van der Waals surface area contributed by atoms with Gasteiger partial charge in [0.1, 0.15) is 18.0 Å². The van der Waals surface area contributed by atoms with E-state index in [-0.39, 0.29) is 11.6 Å². The first kappa shape index (κ1) is 17.7. The van der Waals surface area contributed by atoms with Gasteiger partial charge in [-0.1, -0.05) is 11.6 Å². The standard InChI is InChI=1S/C20H18ClFN4O/c1-13(27)14-2-5-19(17(22)10-14)25-6-8-26(9-7-25)20-16-4-3-15(21)11-18(16)23-12-24-20/h2-5,10-12H,6-9H2,1H3. The summed E-state index contributed by atoms with van der Waals surface area (Å²) in [5.74, 6) is 0.364. The molecule has 5 nitrogen and oxygen atoms in total. The quantitative estimate of drug-likeness (QED) is 0.640. The van der Waals surface area contributed by atoms with Gasteiger partial charge in [0.05, 0.1) is 11.2 Å². The molecule has 0 saturated carbocycles. The third kappa shape index (κ3) is 3.45. The van der Waals surface area contributed by atoms with Crippen molar-refractivity contribution in [2.24, 2.45) is 0 Å². The van der Waals surface area contributed by atoms with Crippen LogP contribution in [0, 0.1) is 5.82 Å². The summed E-state index contributed by atoms with van der Waals surface area (Å²) < 4.78 is 14.4. The smallest absolute Gasteiger partial charge is 0.159 e. The number of halogens is 2. The van der Waals surface area contributed by atoms with E-state index in [4.69, 9.17) is 11.6 Å². The number of hydrogen-bond donors (Lipinski definition) is 0. The van der Waals surface area contributed by atoms with Gasteiger partial charge in [-0.15, -0.1) is 0 Å². The molecule has 0 aliphatic carbocycles. The highest BCUT2D eigenvalue weighted by Crippen LogP contribution is 2.28. The third-order valence-corrected chi connectivity index (χ3v) is 5.09. The van der Waals surface area contributed by atoms with Crippen molar-refractivity contribution in [2.75, 3.05) is 36.0 Å². The fraction of sp³-hybridized carbons (Fsp3) is 0.250. The first-order valence-corrected chi connectivity index (χ1v) is 9.11.